The van der Waals surface area contributed by atoms with E-state index in [-0.39, 0.29) is 24.3 Å². The lowest BCUT2D eigenvalue weighted by atomic mass is 9.89. The number of carbonyl (C=O) groups excluding carboxylic acids is 1. The largest absolute Gasteiger partial charge is 0.481 e. The summed E-state index contributed by atoms with van der Waals surface area (Å²) in [5.74, 6) is 0.119. The number of amides is 1. The summed E-state index contributed by atoms with van der Waals surface area (Å²) in [7, 11) is 0. The second-order valence-electron chi connectivity index (χ2n) is 6.89. The fraction of sp³-hybridized carbons (Fsp3) is 0.556. The molecule has 0 spiro atoms. The highest BCUT2D eigenvalue weighted by Gasteiger charge is 2.23. The van der Waals surface area contributed by atoms with Gasteiger partial charge in [-0.15, -0.1) is 11.3 Å². The molecule has 0 fully saturated rings. The summed E-state index contributed by atoms with van der Waals surface area (Å²) in [6.45, 7) is 2.56. The minimum absolute atomic E-state index is 0.0352. The lowest BCUT2D eigenvalue weighted by Crippen LogP contribution is -2.25. The number of carboxylic acid groups (broad SMARTS) is 1. The lowest BCUT2D eigenvalue weighted by Gasteiger charge is -2.17. The molecule has 3 N–H and O–H groups in total. The monoisotopic (exact) mass is 377 g/mol. The molecule has 1 unspecified atom stereocenters. The Kier molecular flexibility index (Phi) is 5.70. The first-order valence-electron chi connectivity index (χ1n) is 8.96. The van der Waals surface area contributed by atoms with E-state index in [0.29, 0.717) is 31.1 Å². The number of nitrogens with zero attached hydrogens (tertiary/aromatic N) is 1. The summed E-state index contributed by atoms with van der Waals surface area (Å²) in [5.41, 5.74) is 1.04. The predicted molar refractivity (Wildman–Crippen MR) is 99.6 cm³/mol. The Morgan fingerprint density at radius 2 is 2.19 bits per heavy atom. The molecule has 7 nitrogen and oxygen atoms in total. The van der Waals surface area contributed by atoms with E-state index in [0.717, 1.165) is 35.0 Å². The summed E-state index contributed by atoms with van der Waals surface area (Å²) in [5, 5.41) is 12.0. The van der Waals surface area contributed by atoms with E-state index < -0.39 is 5.97 Å². The SMILES string of the molecule is CC1CCc2c(sc3nc(CCC(=O)NCCCC(=O)O)[nH]c(=O)c23)C1. The Labute approximate surface area is 154 Å². The molecule has 0 saturated heterocycles. The maximum absolute atomic E-state index is 12.5. The molecule has 2 heterocycles. The average molecular weight is 377 g/mol. The van der Waals surface area contributed by atoms with E-state index in [1.165, 1.54) is 4.88 Å². The summed E-state index contributed by atoms with van der Waals surface area (Å²) in [6.07, 6.45) is 4.04. The first-order chi connectivity index (χ1) is 12.4. The lowest BCUT2D eigenvalue weighted by molar-refractivity contribution is -0.137. The number of nitrogens with one attached hydrogen (secondary N) is 2. The third kappa shape index (κ3) is 4.30. The van der Waals surface area contributed by atoms with Crippen molar-refractivity contribution in [3.63, 3.8) is 0 Å². The van der Waals surface area contributed by atoms with E-state index in [9.17, 15) is 14.4 Å². The molecule has 0 saturated carbocycles. The quantitative estimate of drug-likeness (QED) is 0.639. The molecule has 140 valence electrons. The van der Waals surface area contributed by atoms with Gasteiger partial charge < -0.3 is 15.4 Å². The highest BCUT2D eigenvalue weighted by Crippen LogP contribution is 2.35. The van der Waals surface area contributed by atoms with Gasteiger partial charge in [-0.2, -0.15) is 0 Å². The van der Waals surface area contributed by atoms with Crippen molar-refractivity contribution in [1.82, 2.24) is 15.3 Å². The van der Waals surface area contributed by atoms with E-state index in [2.05, 4.69) is 22.2 Å². The topological polar surface area (TPSA) is 112 Å². The number of hydrogen-bond donors (Lipinski definition) is 3. The van der Waals surface area contributed by atoms with Crippen molar-refractivity contribution < 1.29 is 14.7 Å². The Morgan fingerprint density at radius 3 is 2.96 bits per heavy atom. The zero-order valence-electron chi connectivity index (χ0n) is 14.8. The molecule has 2 aromatic heterocycles. The highest BCUT2D eigenvalue weighted by atomic mass is 32.1. The highest BCUT2D eigenvalue weighted by molar-refractivity contribution is 7.18. The Bertz CT molecular complexity index is 886. The Hall–Kier alpha value is -2.22. The van der Waals surface area contributed by atoms with Crippen LogP contribution in [0.3, 0.4) is 0 Å². The van der Waals surface area contributed by atoms with Gasteiger partial charge >= 0.3 is 5.97 Å². The van der Waals surface area contributed by atoms with Crippen LogP contribution in [0, 0.1) is 5.92 Å². The standard InChI is InChI=1S/C18H23N3O4S/c1-10-4-5-11-12(9-10)26-18-16(11)17(25)20-13(21-18)6-7-14(22)19-8-2-3-15(23)24/h10H,2-9H2,1H3,(H,19,22)(H,23,24)(H,20,21,25). The summed E-state index contributed by atoms with van der Waals surface area (Å²) in [6, 6.07) is 0. The first-order valence-corrected chi connectivity index (χ1v) is 9.77. The number of aliphatic carboxylic acids is 1. The van der Waals surface area contributed by atoms with Gasteiger partial charge in [0, 0.05) is 30.7 Å². The van der Waals surface area contributed by atoms with Gasteiger partial charge in [0.1, 0.15) is 10.7 Å². The van der Waals surface area contributed by atoms with Crippen LogP contribution in [-0.2, 0) is 28.9 Å². The van der Waals surface area contributed by atoms with Gasteiger partial charge in [0.05, 0.1) is 5.39 Å². The molecule has 0 aliphatic heterocycles. The maximum Gasteiger partial charge on any atom is 0.303 e. The van der Waals surface area contributed by atoms with Crippen LogP contribution >= 0.6 is 11.3 Å². The predicted octanol–water partition coefficient (Wildman–Crippen LogP) is 2.02. The Balaban J connectivity index is 1.63. The van der Waals surface area contributed by atoms with Gasteiger partial charge in [-0.1, -0.05) is 6.92 Å². The van der Waals surface area contributed by atoms with Crippen molar-refractivity contribution in [3.05, 3.63) is 26.6 Å². The van der Waals surface area contributed by atoms with Crippen molar-refractivity contribution in [2.45, 2.75) is 51.9 Å². The van der Waals surface area contributed by atoms with Crippen molar-refractivity contribution in [3.8, 4) is 0 Å². The van der Waals surface area contributed by atoms with Crippen LogP contribution in [0.15, 0.2) is 4.79 Å². The molecule has 1 amide bonds. The number of thiophene rings is 1. The minimum Gasteiger partial charge on any atom is -0.481 e. The second kappa shape index (κ2) is 7.99. The number of carbonyl (C=O) groups is 2. The van der Waals surface area contributed by atoms with Crippen LogP contribution in [0.25, 0.3) is 10.2 Å². The maximum atomic E-state index is 12.5. The zero-order valence-corrected chi connectivity index (χ0v) is 15.6. The third-order valence-electron chi connectivity index (χ3n) is 4.69. The normalized spacial score (nSPS) is 16.4. The molecule has 0 radical (unpaired) electrons. The minimum atomic E-state index is -0.873. The fourth-order valence-corrected chi connectivity index (χ4v) is 4.70. The summed E-state index contributed by atoms with van der Waals surface area (Å²) < 4.78 is 0. The van der Waals surface area contributed by atoms with Gasteiger partial charge in [-0.25, -0.2) is 4.98 Å². The number of aryl methyl sites for hydroxylation is 2. The van der Waals surface area contributed by atoms with Gasteiger partial charge in [-0.05, 0) is 37.2 Å². The van der Waals surface area contributed by atoms with Crippen molar-refractivity contribution in [1.29, 1.82) is 0 Å². The van der Waals surface area contributed by atoms with Crippen molar-refractivity contribution in [2.24, 2.45) is 5.92 Å². The van der Waals surface area contributed by atoms with Crippen LogP contribution in [0.5, 0.6) is 0 Å². The van der Waals surface area contributed by atoms with E-state index in [1.54, 1.807) is 11.3 Å². The third-order valence-corrected chi connectivity index (χ3v) is 5.84. The van der Waals surface area contributed by atoms with E-state index in [4.69, 9.17) is 5.11 Å². The molecule has 26 heavy (non-hydrogen) atoms. The molecule has 2 aromatic rings. The molecule has 1 aliphatic rings. The number of H-pyrrole nitrogens is 1. The van der Waals surface area contributed by atoms with Crippen LogP contribution in [0.4, 0.5) is 0 Å². The molecule has 8 heteroatoms. The molecule has 3 rings (SSSR count). The summed E-state index contributed by atoms with van der Waals surface area (Å²) >= 11 is 1.60. The smallest absolute Gasteiger partial charge is 0.303 e. The number of rotatable bonds is 7. The first kappa shape index (κ1) is 18.6. The van der Waals surface area contributed by atoms with Gasteiger partial charge in [0.25, 0.3) is 5.56 Å². The van der Waals surface area contributed by atoms with Crippen LogP contribution < -0.4 is 10.9 Å². The number of aromatic amines is 1. The molecule has 1 aliphatic carbocycles. The number of fused-ring (bicyclic) bond motifs is 3. The van der Waals surface area contributed by atoms with Crippen LogP contribution in [-0.4, -0.2) is 33.5 Å². The number of carboxylic acids is 1. The van der Waals surface area contributed by atoms with E-state index in [1.807, 2.05) is 0 Å². The van der Waals surface area contributed by atoms with E-state index >= 15 is 0 Å². The molecule has 1 atom stereocenters. The van der Waals surface area contributed by atoms with Crippen molar-refractivity contribution >= 4 is 33.4 Å². The second-order valence-corrected chi connectivity index (χ2v) is 7.98. The van der Waals surface area contributed by atoms with Crippen LogP contribution in [0.1, 0.15) is 48.9 Å². The van der Waals surface area contributed by atoms with Gasteiger partial charge in [0.2, 0.25) is 5.91 Å². The van der Waals surface area contributed by atoms with Crippen LogP contribution in [0.2, 0.25) is 0 Å². The number of aromatic nitrogens is 2. The molecular weight excluding hydrogens is 354 g/mol. The van der Waals surface area contributed by atoms with Gasteiger partial charge in [-0.3, -0.25) is 14.4 Å². The van der Waals surface area contributed by atoms with Gasteiger partial charge in [0.15, 0.2) is 0 Å². The molecule has 0 bridgehead atoms. The average Bonchev–Trinajstić information content (AvgIpc) is 2.94. The number of hydrogen-bond acceptors (Lipinski definition) is 5. The van der Waals surface area contributed by atoms with Crippen molar-refractivity contribution in [2.75, 3.05) is 6.54 Å². The molecule has 0 aromatic carbocycles. The summed E-state index contributed by atoms with van der Waals surface area (Å²) in [4.78, 5) is 44.2. The fourth-order valence-electron chi connectivity index (χ4n) is 3.30. The Morgan fingerprint density at radius 1 is 1.38 bits per heavy atom. The molecular formula is C18H23N3O4S. The zero-order chi connectivity index (χ0) is 18.7.